The smallest absolute Gasteiger partial charge is 0.358 e. The molecule has 0 bridgehead atoms. The van der Waals surface area contributed by atoms with Crippen LogP contribution in [0.25, 0.3) is 11.2 Å². The third-order valence-electron chi connectivity index (χ3n) is 8.07. The standard InChI is InChI=1S/C36H31N5O4S/c37-33-32-34(39-23-38-33)41(24-40-32)31-21-29(45-35(46)43-28-19-11-4-12-20-28)30(44-31)22-42-36(25-13-5-1-6-14-25,26-15-7-2-8-16-26)27-17-9-3-10-18-27/h1-20,23-24,29-31H,21-22H2,(H2,37,38,39). The third kappa shape index (κ3) is 5.81. The molecule has 2 aromatic heterocycles. The minimum atomic E-state index is -0.944. The van der Waals surface area contributed by atoms with Crippen LogP contribution in [0.1, 0.15) is 29.3 Å². The normalized spacial score (nSPS) is 18.0. The zero-order valence-corrected chi connectivity index (χ0v) is 25.6. The molecule has 4 aromatic carbocycles. The summed E-state index contributed by atoms with van der Waals surface area (Å²) in [7, 11) is 0. The van der Waals surface area contributed by atoms with Gasteiger partial charge in [-0.15, -0.1) is 0 Å². The van der Waals surface area contributed by atoms with Crippen molar-refractivity contribution in [1.29, 1.82) is 0 Å². The van der Waals surface area contributed by atoms with Crippen LogP contribution in [0.2, 0.25) is 0 Å². The molecule has 3 heterocycles. The molecule has 2 N–H and O–H groups in total. The van der Waals surface area contributed by atoms with E-state index in [1.165, 1.54) is 6.33 Å². The number of hydrogen-bond acceptors (Lipinski definition) is 9. The molecule has 1 fully saturated rings. The van der Waals surface area contributed by atoms with Gasteiger partial charge in [-0.25, -0.2) is 15.0 Å². The van der Waals surface area contributed by atoms with Gasteiger partial charge in [-0.2, -0.15) is 0 Å². The Morgan fingerprint density at radius 1 is 0.804 bits per heavy atom. The van der Waals surface area contributed by atoms with Crippen molar-refractivity contribution in [2.45, 2.75) is 30.5 Å². The Morgan fingerprint density at radius 3 is 1.96 bits per heavy atom. The number of para-hydroxylation sites is 1. The maximum absolute atomic E-state index is 7.11. The average Bonchev–Trinajstić information content (AvgIpc) is 3.72. The monoisotopic (exact) mass is 629 g/mol. The van der Waals surface area contributed by atoms with Crippen LogP contribution in [0.4, 0.5) is 5.82 Å². The average molecular weight is 630 g/mol. The summed E-state index contributed by atoms with van der Waals surface area (Å²) in [4.78, 5) is 12.9. The fraction of sp³-hybridized carbons (Fsp3) is 0.167. The first-order chi connectivity index (χ1) is 22.6. The molecule has 0 radical (unpaired) electrons. The van der Waals surface area contributed by atoms with Gasteiger partial charge < -0.3 is 24.7 Å². The predicted molar refractivity (Wildman–Crippen MR) is 178 cm³/mol. The molecule has 9 nitrogen and oxygen atoms in total. The number of hydrogen-bond donors (Lipinski definition) is 1. The number of nitrogens with zero attached hydrogens (tertiary/aromatic N) is 4. The molecule has 1 aliphatic rings. The van der Waals surface area contributed by atoms with Crippen LogP contribution in [0.3, 0.4) is 0 Å². The zero-order valence-electron chi connectivity index (χ0n) is 24.8. The molecule has 0 saturated carbocycles. The van der Waals surface area contributed by atoms with Crippen molar-refractivity contribution in [3.05, 3.63) is 151 Å². The molecular weight excluding hydrogens is 598 g/mol. The van der Waals surface area contributed by atoms with E-state index in [2.05, 4.69) is 51.4 Å². The zero-order chi connectivity index (χ0) is 31.3. The van der Waals surface area contributed by atoms with Gasteiger partial charge >= 0.3 is 5.24 Å². The quantitative estimate of drug-likeness (QED) is 0.143. The summed E-state index contributed by atoms with van der Waals surface area (Å²) in [5.41, 5.74) is 9.14. The Morgan fingerprint density at radius 2 is 1.37 bits per heavy atom. The van der Waals surface area contributed by atoms with Gasteiger partial charge in [-0.05, 0) is 28.8 Å². The van der Waals surface area contributed by atoms with Gasteiger partial charge in [-0.1, -0.05) is 109 Å². The molecule has 1 saturated heterocycles. The maximum Gasteiger partial charge on any atom is 0.358 e. The number of anilines is 1. The van der Waals surface area contributed by atoms with Crippen molar-refractivity contribution in [2.24, 2.45) is 0 Å². The SMILES string of the molecule is Nc1ncnc2c1ncn2C1CC(OC(=S)Oc2ccccc2)C(COC(c2ccccc2)(c2ccccc2)c2ccccc2)O1. The lowest BCUT2D eigenvalue weighted by atomic mass is 9.80. The van der Waals surface area contributed by atoms with Crippen molar-refractivity contribution in [1.82, 2.24) is 19.5 Å². The molecule has 10 heteroatoms. The lowest BCUT2D eigenvalue weighted by Gasteiger charge is -2.37. The number of nitrogen functional groups attached to an aromatic ring is 1. The van der Waals surface area contributed by atoms with Crippen LogP contribution in [-0.2, 0) is 19.8 Å². The van der Waals surface area contributed by atoms with Crippen LogP contribution in [0.5, 0.6) is 5.75 Å². The van der Waals surface area contributed by atoms with Crippen molar-refractivity contribution in [3.63, 3.8) is 0 Å². The van der Waals surface area contributed by atoms with E-state index in [1.807, 2.05) is 89.5 Å². The second-order valence-electron chi connectivity index (χ2n) is 10.9. The van der Waals surface area contributed by atoms with Crippen molar-refractivity contribution in [3.8, 4) is 5.75 Å². The molecule has 230 valence electrons. The highest BCUT2D eigenvalue weighted by molar-refractivity contribution is 7.79. The summed E-state index contributed by atoms with van der Waals surface area (Å²) >= 11 is 5.55. The highest BCUT2D eigenvalue weighted by atomic mass is 32.1. The third-order valence-corrected chi connectivity index (χ3v) is 8.25. The van der Waals surface area contributed by atoms with Gasteiger partial charge in [0.2, 0.25) is 0 Å². The Kier molecular flexibility index (Phi) is 8.39. The molecule has 0 aliphatic carbocycles. The molecule has 46 heavy (non-hydrogen) atoms. The summed E-state index contributed by atoms with van der Waals surface area (Å²) < 4.78 is 27.8. The summed E-state index contributed by atoms with van der Waals surface area (Å²) in [6, 6.07) is 39.9. The predicted octanol–water partition coefficient (Wildman–Crippen LogP) is 6.45. The molecule has 1 aliphatic heterocycles. The van der Waals surface area contributed by atoms with Gasteiger partial charge in [0.1, 0.15) is 41.6 Å². The number of ether oxygens (including phenoxy) is 4. The molecule has 0 amide bonds. The van der Waals surface area contributed by atoms with Gasteiger partial charge in [0.25, 0.3) is 0 Å². The van der Waals surface area contributed by atoms with E-state index in [9.17, 15) is 0 Å². The largest absolute Gasteiger partial charge is 0.450 e. The van der Waals surface area contributed by atoms with Crippen LogP contribution >= 0.6 is 12.2 Å². The van der Waals surface area contributed by atoms with E-state index < -0.39 is 24.0 Å². The molecule has 3 unspecified atom stereocenters. The fourth-order valence-corrected chi connectivity index (χ4v) is 6.15. The van der Waals surface area contributed by atoms with Crippen LogP contribution in [0.15, 0.2) is 134 Å². The van der Waals surface area contributed by atoms with Gasteiger partial charge in [0.15, 0.2) is 11.5 Å². The van der Waals surface area contributed by atoms with Crippen molar-refractivity contribution >= 4 is 34.4 Å². The topological polar surface area (TPSA) is 107 Å². The second-order valence-corrected chi connectivity index (χ2v) is 11.2. The molecule has 7 rings (SSSR count). The minimum Gasteiger partial charge on any atom is -0.450 e. The van der Waals surface area contributed by atoms with Gasteiger partial charge in [0.05, 0.1) is 12.9 Å². The highest BCUT2D eigenvalue weighted by Gasteiger charge is 2.44. The Balaban J connectivity index is 1.24. The van der Waals surface area contributed by atoms with Gasteiger partial charge in [-0.3, -0.25) is 4.57 Å². The Hall–Kier alpha value is -5.16. The lowest BCUT2D eigenvalue weighted by Crippen LogP contribution is -2.39. The molecule has 0 spiro atoms. The van der Waals surface area contributed by atoms with E-state index in [1.54, 1.807) is 6.33 Å². The lowest BCUT2D eigenvalue weighted by molar-refractivity contribution is -0.0925. The van der Waals surface area contributed by atoms with E-state index in [4.69, 9.17) is 36.9 Å². The molecule has 6 aromatic rings. The summed E-state index contributed by atoms with van der Waals surface area (Å²) in [5.74, 6) is 0.880. The minimum absolute atomic E-state index is 0.00653. The first kappa shape index (κ1) is 29.5. The Labute approximate surface area is 271 Å². The van der Waals surface area contributed by atoms with Crippen LogP contribution < -0.4 is 10.5 Å². The number of thiocarbonyl (C=S) groups is 1. The fourth-order valence-electron chi connectivity index (χ4n) is 5.93. The first-order valence-electron chi connectivity index (χ1n) is 14.9. The van der Waals surface area contributed by atoms with Crippen LogP contribution in [0, 0.1) is 0 Å². The Bertz CT molecular complexity index is 1810. The van der Waals surface area contributed by atoms with E-state index in [0.29, 0.717) is 29.2 Å². The van der Waals surface area contributed by atoms with Crippen LogP contribution in [-0.4, -0.2) is 43.6 Å². The molecule has 3 atom stereocenters. The maximum atomic E-state index is 7.11. The number of aromatic nitrogens is 4. The second kappa shape index (κ2) is 13.1. The number of nitrogens with two attached hydrogens (primary N) is 1. The number of rotatable bonds is 9. The first-order valence-corrected chi connectivity index (χ1v) is 15.3. The number of imidazole rings is 1. The number of fused-ring (bicyclic) bond motifs is 1. The molecular formula is C36H31N5O4S. The van der Waals surface area contributed by atoms with E-state index in [-0.39, 0.29) is 11.8 Å². The van der Waals surface area contributed by atoms with Crippen molar-refractivity contribution < 1.29 is 18.9 Å². The summed E-state index contributed by atoms with van der Waals surface area (Å²) in [6.45, 7) is 0.164. The summed E-state index contributed by atoms with van der Waals surface area (Å²) in [5, 5.41) is -0.00653. The van der Waals surface area contributed by atoms with E-state index >= 15 is 0 Å². The summed E-state index contributed by atoms with van der Waals surface area (Å²) in [6.07, 6.45) is 1.94. The van der Waals surface area contributed by atoms with E-state index in [0.717, 1.165) is 16.7 Å². The highest BCUT2D eigenvalue weighted by Crippen LogP contribution is 2.42. The van der Waals surface area contributed by atoms with Gasteiger partial charge in [0, 0.05) is 18.6 Å². The number of benzene rings is 4. The van der Waals surface area contributed by atoms with Crippen molar-refractivity contribution in [2.75, 3.05) is 12.3 Å².